The minimum absolute atomic E-state index is 0.189. The fourth-order valence-corrected chi connectivity index (χ4v) is 2.47. The highest BCUT2D eigenvalue weighted by molar-refractivity contribution is 5.79. The second-order valence-electron chi connectivity index (χ2n) is 5.10. The van der Waals surface area contributed by atoms with Gasteiger partial charge in [-0.1, -0.05) is 12.1 Å². The van der Waals surface area contributed by atoms with Crippen molar-refractivity contribution in [1.29, 1.82) is 0 Å². The number of hydrogen-bond donors (Lipinski definition) is 1. The van der Waals surface area contributed by atoms with Gasteiger partial charge in [-0.05, 0) is 31.5 Å². The van der Waals surface area contributed by atoms with E-state index in [2.05, 4.69) is 19.2 Å². The maximum absolute atomic E-state index is 12.4. The highest BCUT2D eigenvalue weighted by Gasteiger charge is 2.27. The zero-order valence-corrected chi connectivity index (χ0v) is 11.8. The summed E-state index contributed by atoms with van der Waals surface area (Å²) >= 11 is 0. The van der Waals surface area contributed by atoms with E-state index in [1.807, 2.05) is 29.2 Å². The molecule has 1 N–H and O–H groups in total. The molecule has 2 rings (SSSR count). The summed E-state index contributed by atoms with van der Waals surface area (Å²) in [6, 6.07) is 8.30. The van der Waals surface area contributed by atoms with E-state index in [9.17, 15) is 4.79 Å². The van der Waals surface area contributed by atoms with Gasteiger partial charge in [-0.3, -0.25) is 4.79 Å². The van der Waals surface area contributed by atoms with Crippen LogP contribution in [0.2, 0.25) is 0 Å². The van der Waals surface area contributed by atoms with E-state index in [0.717, 1.165) is 24.4 Å². The van der Waals surface area contributed by atoms with Crippen molar-refractivity contribution in [1.82, 2.24) is 10.2 Å². The standard InChI is InChI=1S/C15H22N2O2/c1-11-12(2)17(8-7-16-11)15(18)10-13-5-4-6-14(9-13)19-3/h4-6,9,11-12,16H,7-8,10H2,1-3H3. The number of amides is 1. The average molecular weight is 262 g/mol. The topological polar surface area (TPSA) is 41.6 Å². The van der Waals surface area contributed by atoms with Gasteiger partial charge in [0.05, 0.1) is 13.5 Å². The summed E-state index contributed by atoms with van der Waals surface area (Å²) in [6.45, 7) is 5.87. The Kier molecular flexibility index (Phi) is 4.43. The summed E-state index contributed by atoms with van der Waals surface area (Å²) in [6.07, 6.45) is 0.439. The van der Waals surface area contributed by atoms with Crippen LogP contribution in [-0.2, 0) is 11.2 Å². The summed E-state index contributed by atoms with van der Waals surface area (Å²) in [5.41, 5.74) is 1.00. The van der Waals surface area contributed by atoms with Crippen molar-refractivity contribution in [2.45, 2.75) is 32.4 Å². The molecule has 0 aromatic heterocycles. The molecule has 0 aliphatic carbocycles. The maximum atomic E-state index is 12.4. The summed E-state index contributed by atoms with van der Waals surface area (Å²) in [5.74, 6) is 0.987. The lowest BCUT2D eigenvalue weighted by Crippen LogP contribution is -2.57. The predicted molar refractivity (Wildman–Crippen MR) is 75.3 cm³/mol. The first-order valence-corrected chi connectivity index (χ1v) is 6.77. The molecule has 4 nitrogen and oxygen atoms in total. The molecule has 1 amide bonds. The van der Waals surface area contributed by atoms with Crippen molar-refractivity contribution in [2.24, 2.45) is 0 Å². The molecular formula is C15H22N2O2. The van der Waals surface area contributed by atoms with Gasteiger partial charge >= 0.3 is 0 Å². The lowest BCUT2D eigenvalue weighted by atomic mass is 10.0. The van der Waals surface area contributed by atoms with Gasteiger partial charge in [-0.15, -0.1) is 0 Å². The Hall–Kier alpha value is -1.55. The van der Waals surface area contributed by atoms with Gasteiger partial charge in [0, 0.05) is 25.2 Å². The number of hydrogen-bond acceptors (Lipinski definition) is 3. The molecule has 1 heterocycles. The molecule has 0 spiro atoms. The number of carbonyl (C=O) groups excluding carboxylic acids is 1. The molecule has 2 unspecified atom stereocenters. The fraction of sp³-hybridized carbons (Fsp3) is 0.533. The van der Waals surface area contributed by atoms with Crippen LogP contribution >= 0.6 is 0 Å². The predicted octanol–water partition coefficient (Wildman–Crippen LogP) is 1.45. The van der Waals surface area contributed by atoms with Crippen molar-refractivity contribution < 1.29 is 9.53 Å². The van der Waals surface area contributed by atoms with E-state index in [4.69, 9.17) is 4.74 Å². The Morgan fingerprint density at radius 3 is 3.00 bits per heavy atom. The molecule has 104 valence electrons. The molecule has 1 fully saturated rings. The number of methoxy groups -OCH3 is 1. The van der Waals surface area contributed by atoms with Crippen LogP contribution in [-0.4, -0.2) is 43.1 Å². The minimum Gasteiger partial charge on any atom is -0.497 e. The van der Waals surface area contributed by atoms with Crippen molar-refractivity contribution in [3.63, 3.8) is 0 Å². The second kappa shape index (κ2) is 6.06. The SMILES string of the molecule is COc1cccc(CC(=O)N2CCNC(C)C2C)c1. The molecular weight excluding hydrogens is 240 g/mol. The third kappa shape index (κ3) is 3.26. The second-order valence-corrected chi connectivity index (χ2v) is 5.10. The van der Waals surface area contributed by atoms with E-state index in [-0.39, 0.29) is 11.9 Å². The minimum atomic E-state index is 0.189. The molecule has 2 atom stereocenters. The largest absolute Gasteiger partial charge is 0.497 e. The summed E-state index contributed by atoms with van der Waals surface area (Å²) in [7, 11) is 1.64. The Bertz CT molecular complexity index is 448. The van der Waals surface area contributed by atoms with Gasteiger partial charge in [0.25, 0.3) is 0 Å². The number of rotatable bonds is 3. The van der Waals surface area contributed by atoms with Crippen LogP contribution in [0.5, 0.6) is 5.75 Å². The van der Waals surface area contributed by atoms with Gasteiger partial charge in [0.2, 0.25) is 5.91 Å². The lowest BCUT2D eigenvalue weighted by molar-refractivity contribution is -0.134. The molecule has 0 radical (unpaired) electrons. The molecule has 1 aromatic rings. The van der Waals surface area contributed by atoms with E-state index in [1.54, 1.807) is 7.11 Å². The van der Waals surface area contributed by atoms with Crippen LogP contribution < -0.4 is 10.1 Å². The number of nitrogens with zero attached hydrogens (tertiary/aromatic N) is 1. The molecule has 0 saturated carbocycles. The third-order valence-corrected chi connectivity index (χ3v) is 3.84. The van der Waals surface area contributed by atoms with Crippen LogP contribution in [0, 0.1) is 0 Å². The van der Waals surface area contributed by atoms with Crippen molar-refractivity contribution >= 4 is 5.91 Å². The molecule has 1 aromatic carbocycles. The zero-order valence-electron chi connectivity index (χ0n) is 11.8. The van der Waals surface area contributed by atoms with Gasteiger partial charge in [-0.25, -0.2) is 0 Å². The van der Waals surface area contributed by atoms with Crippen molar-refractivity contribution in [3.8, 4) is 5.75 Å². The fourth-order valence-electron chi connectivity index (χ4n) is 2.47. The highest BCUT2D eigenvalue weighted by Crippen LogP contribution is 2.16. The Labute approximate surface area is 114 Å². The smallest absolute Gasteiger partial charge is 0.227 e. The summed E-state index contributed by atoms with van der Waals surface area (Å²) in [5, 5.41) is 3.38. The molecule has 4 heteroatoms. The van der Waals surface area contributed by atoms with Gasteiger partial charge in [-0.2, -0.15) is 0 Å². The first-order valence-electron chi connectivity index (χ1n) is 6.77. The molecule has 1 aliphatic rings. The van der Waals surface area contributed by atoms with E-state index in [0.29, 0.717) is 12.5 Å². The summed E-state index contributed by atoms with van der Waals surface area (Å²) < 4.78 is 5.19. The Morgan fingerprint density at radius 1 is 1.47 bits per heavy atom. The third-order valence-electron chi connectivity index (χ3n) is 3.84. The van der Waals surface area contributed by atoms with Crippen LogP contribution in [0.1, 0.15) is 19.4 Å². The van der Waals surface area contributed by atoms with Crippen molar-refractivity contribution in [3.05, 3.63) is 29.8 Å². The molecule has 0 bridgehead atoms. The average Bonchev–Trinajstić information content (AvgIpc) is 2.42. The van der Waals surface area contributed by atoms with Gasteiger partial charge in [0.1, 0.15) is 5.75 Å². The normalized spacial score (nSPS) is 23.2. The number of nitrogens with one attached hydrogen (secondary N) is 1. The molecule has 19 heavy (non-hydrogen) atoms. The molecule has 1 aliphatic heterocycles. The van der Waals surface area contributed by atoms with Gasteiger partial charge in [0.15, 0.2) is 0 Å². The number of piperazine rings is 1. The van der Waals surface area contributed by atoms with E-state index in [1.165, 1.54) is 0 Å². The highest BCUT2D eigenvalue weighted by atomic mass is 16.5. The molecule has 1 saturated heterocycles. The van der Waals surface area contributed by atoms with Crippen LogP contribution in [0.15, 0.2) is 24.3 Å². The first kappa shape index (κ1) is 13.9. The monoisotopic (exact) mass is 262 g/mol. The number of carbonyl (C=O) groups is 1. The lowest BCUT2D eigenvalue weighted by Gasteiger charge is -2.38. The number of benzene rings is 1. The Morgan fingerprint density at radius 2 is 2.26 bits per heavy atom. The quantitative estimate of drug-likeness (QED) is 0.896. The zero-order chi connectivity index (χ0) is 13.8. The summed E-state index contributed by atoms with van der Waals surface area (Å²) in [4.78, 5) is 14.4. The number of ether oxygens (including phenoxy) is 1. The van der Waals surface area contributed by atoms with Crippen LogP contribution in [0.4, 0.5) is 0 Å². The van der Waals surface area contributed by atoms with E-state index >= 15 is 0 Å². The van der Waals surface area contributed by atoms with Gasteiger partial charge < -0.3 is 15.0 Å². The van der Waals surface area contributed by atoms with Crippen LogP contribution in [0.3, 0.4) is 0 Å². The van der Waals surface area contributed by atoms with E-state index < -0.39 is 0 Å². The van der Waals surface area contributed by atoms with Crippen LogP contribution in [0.25, 0.3) is 0 Å². The maximum Gasteiger partial charge on any atom is 0.227 e. The first-order chi connectivity index (χ1) is 9.11. The Balaban J connectivity index is 2.03. The van der Waals surface area contributed by atoms with Crippen molar-refractivity contribution in [2.75, 3.05) is 20.2 Å².